The molecule has 0 aliphatic heterocycles. The molecule has 0 fully saturated rings. The van der Waals surface area contributed by atoms with Gasteiger partial charge in [0.05, 0.1) is 17.0 Å². The number of benzene rings is 1. The summed E-state index contributed by atoms with van der Waals surface area (Å²) in [6, 6.07) is 5.86. The minimum absolute atomic E-state index is 0.0702. The van der Waals surface area contributed by atoms with Crippen molar-refractivity contribution in [1.29, 1.82) is 0 Å². The Morgan fingerprint density at radius 1 is 1.24 bits per heavy atom. The molecule has 0 saturated heterocycles. The minimum atomic E-state index is -4.45. The maximum absolute atomic E-state index is 13.0. The van der Waals surface area contributed by atoms with E-state index >= 15 is 0 Å². The molecule has 1 aliphatic carbocycles. The van der Waals surface area contributed by atoms with Crippen LogP contribution in [0.25, 0.3) is 11.3 Å². The first-order valence-electron chi connectivity index (χ1n) is 9.56. The van der Waals surface area contributed by atoms with Crippen LogP contribution in [0.3, 0.4) is 0 Å². The average molecular weight is 407 g/mol. The normalized spacial score (nSPS) is 20.3. The number of rotatable bonds is 4. The summed E-state index contributed by atoms with van der Waals surface area (Å²) in [4.78, 5) is 12.4. The first-order valence-corrected chi connectivity index (χ1v) is 9.56. The average Bonchev–Trinajstić information content (AvgIpc) is 2.66. The number of ether oxygens (including phenoxy) is 1. The lowest BCUT2D eigenvalue weighted by Gasteiger charge is -2.30. The molecule has 0 spiro atoms. The third-order valence-corrected chi connectivity index (χ3v) is 5.14. The van der Waals surface area contributed by atoms with Crippen molar-refractivity contribution in [3.63, 3.8) is 0 Å². The summed E-state index contributed by atoms with van der Waals surface area (Å²) in [6.45, 7) is 5.69. The highest BCUT2D eigenvalue weighted by Crippen LogP contribution is 2.37. The number of aromatic nitrogens is 2. The molecule has 2 N–H and O–H groups in total. The number of nitrogens with two attached hydrogens (primary N) is 1. The Labute approximate surface area is 167 Å². The molecule has 1 aromatic heterocycles. The molecule has 3 atom stereocenters. The topological polar surface area (TPSA) is 78.1 Å². The minimum Gasteiger partial charge on any atom is -0.456 e. The van der Waals surface area contributed by atoms with Crippen LogP contribution in [0.5, 0.6) is 0 Å². The van der Waals surface area contributed by atoms with Gasteiger partial charge in [-0.2, -0.15) is 23.4 Å². The molecule has 0 saturated carbocycles. The summed E-state index contributed by atoms with van der Waals surface area (Å²) in [5.41, 5.74) is 7.12. The van der Waals surface area contributed by atoms with Gasteiger partial charge in [0.1, 0.15) is 12.1 Å². The first-order chi connectivity index (χ1) is 13.6. The van der Waals surface area contributed by atoms with Gasteiger partial charge in [0, 0.05) is 11.1 Å². The zero-order valence-corrected chi connectivity index (χ0v) is 16.5. The Morgan fingerprint density at radius 3 is 2.62 bits per heavy atom. The number of esters is 1. The van der Waals surface area contributed by atoms with E-state index in [0.717, 1.165) is 12.1 Å². The highest BCUT2D eigenvalue weighted by molar-refractivity contribution is 5.76. The van der Waals surface area contributed by atoms with Gasteiger partial charge >= 0.3 is 12.1 Å². The SMILES string of the molecule is CC(C)[C@H](N)C(=O)O[C@@H]1C[C@H](C)Cc2nnc(-c3cccc(C(F)(F)F)c3)cc21. The number of carbonyl (C=O) groups excluding carboxylic acids is 1. The number of carbonyl (C=O) groups is 1. The lowest BCUT2D eigenvalue weighted by Crippen LogP contribution is -2.38. The van der Waals surface area contributed by atoms with Gasteiger partial charge in [-0.25, -0.2) is 0 Å². The highest BCUT2D eigenvalue weighted by atomic mass is 19.4. The fourth-order valence-corrected chi connectivity index (χ4v) is 3.37. The van der Waals surface area contributed by atoms with Crippen LogP contribution < -0.4 is 5.73 Å². The largest absolute Gasteiger partial charge is 0.456 e. The number of hydrogen-bond acceptors (Lipinski definition) is 5. The number of halogens is 3. The molecule has 156 valence electrons. The van der Waals surface area contributed by atoms with Crippen LogP contribution >= 0.6 is 0 Å². The van der Waals surface area contributed by atoms with Crippen molar-refractivity contribution in [1.82, 2.24) is 10.2 Å². The van der Waals surface area contributed by atoms with Crippen molar-refractivity contribution in [2.24, 2.45) is 17.6 Å². The fourth-order valence-electron chi connectivity index (χ4n) is 3.37. The van der Waals surface area contributed by atoms with Crippen LogP contribution in [-0.4, -0.2) is 22.2 Å². The molecule has 0 bridgehead atoms. The van der Waals surface area contributed by atoms with Crippen LogP contribution in [-0.2, 0) is 22.1 Å². The molecule has 3 rings (SSSR count). The van der Waals surface area contributed by atoms with Gasteiger partial charge in [-0.15, -0.1) is 0 Å². The molecular formula is C21H24F3N3O2. The van der Waals surface area contributed by atoms with Crippen LogP contribution in [0.4, 0.5) is 13.2 Å². The molecule has 1 aromatic carbocycles. The molecule has 5 nitrogen and oxygen atoms in total. The van der Waals surface area contributed by atoms with E-state index < -0.39 is 29.9 Å². The Balaban J connectivity index is 1.95. The van der Waals surface area contributed by atoms with Gasteiger partial charge in [-0.3, -0.25) is 4.79 Å². The zero-order chi connectivity index (χ0) is 21.3. The second-order valence-electron chi connectivity index (χ2n) is 7.95. The molecule has 0 unspecified atom stereocenters. The van der Waals surface area contributed by atoms with E-state index in [0.29, 0.717) is 35.4 Å². The maximum atomic E-state index is 13.0. The summed E-state index contributed by atoms with van der Waals surface area (Å²) >= 11 is 0. The summed E-state index contributed by atoms with van der Waals surface area (Å²) in [7, 11) is 0. The molecule has 0 amide bonds. The van der Waals surface area contributed by atoms with Gasteiger partial charge < -0.3 is 10.5 Å². The molecule has 0 radical (unpaired) electrons. The van der Waals surface area contributed by atoms with E-state index in [-0.39, 0.29) is 11.8 Å². The summed E-state index contributed by atoms with van der Waals surface area (Å²) < 4.78 is 44.8. The molecule has 1 aliphatic rings. The van der Waals surface area contributed by atoms with Crippen molar-refractivity contribution in [2.75, 3.05) is 0 Å². The quantitative estimate of drug-likeness (QED) is 0.764. The lowest BCUT2D eigenvalue weighted by molar-refractivity contribution is -0.153. The van der Waals surface area contributed by atoms with Gasteiger partial charge in [0.15, 0.2) is 0 Å². The van der Waals surface area contributed by atoms with Crippen molar-refractivity contribution in [3.05, 3.63) is 47.2 Å². The molecule has 29 heavy (non-hydrogen) atoms. The van der Waals surface area contributed by atoms with Crippen LogP contribution in [0.1, 0.15) is 50.1 Å². The predicted molar refractivity (Wildman–Crippen MR) is 102 cm³/mol. The summed E-state index contributed by atoms with van der Waals surface area (Å²) in [6.07, 6.45) is -3.74. The van der Waals surface area contributed by atoms with Crippen molar-refractivity contribution in [3.8, 4) is 11.3 Å². The first kappa shape index (κ1) is 21.2. The van der Waals surface area contributed by atoms with Crippen molar-refractivity contribution >= 4 is 5.97 Å². The van der Waals surface area contributed by atoms with Crippen LogP contribution in [0.2, 0.25) is 0 Å². The van der Waals surface area contributed by atoms with E-state index in [1.165, 1.54) is 6.07 Å². The van der Waals surface area contributed by atoms with Gasteiger partial charge in [0.25, 0.3) is 0 Å². The Bertz CT molecular complexity index is 899. The summed E-state index contributed by atoms with van der Waals surface area (Å²) in [5.74, 6) is -0.342. The predicted octanol–water partition coefficient (Wildman–Crippen LogP) is 4.31. The van der Waals surface area contributed by atoms with Gasteiger partial charge in [0.2, 0.25) is 0 Å². The van der Waals surface area contributed by atoms with Crippen molar-refractivity contribution in [2.45, 2.75) is 51.9 Å². The Morgan fingerprint density at radius 2 is 1.97 bits per heavy atom. The number of alkyl halides is 3. The molecule has 2 aromatic rings. The number of fused-ring (bicyclic) bond motifs is 1. The Kier molecular flexibility index (Phi) is 5.93. The van der Waals surface area contributed by atoms with E-state index in [1.54, 1.807) is 12.1 Å². The standard InChI is InChI=1S/C21H24F3N3O2/c1-11(2)19(25)20(28)29-18-8-12(3)7-17-15(18)10-16(26-27-17)13-5-4-6-14(9-13)21(22,23)24/h4-6,9-12,18-19H,7-8,25H2,1-3H3/t12-,18-,19+/m1/s1. The monoisotopic (exact) mass is 407 g/mol. The molecule has 8 heteroatoms. The highest BCUT2D eigenvalue weighted by Gasteiger charge is 2.33. The third-order valence-electron chi connectivity index (χ3n) is 5.14. The third kappa shape index (κ3) is 4.75. The van der Waals surface area contributed by atoms with E-state index in [9.17, 15) is 18.0 Å². The lowest BCUT2D eigenvalue weighted by atomic mass is 9.85. The van der Waals surface area contributed by atoms with E-state index in [2.05, 4.69) is 10.2 Å². The van der Waals surface area contributed by atoms with Crippen LogP contribution in [0.15, 0.2) is 30.3 Å². The molecule has 1 heterocycles. The summed E-state index contributed by atoms with van der Waals surface area (Å²) in [5, 5.41) is 8.34. The zero-order valence-electron chi connectivity index (χ0n) is 16.5. The van der Waals surface area contributed by atoms with Gasteiger partial charge in [-0.05, 0) is 42.9 Å². The van der Waals surface area contributed by atoms with E-state index in [4.69, 9.17) is 10.5 Å². The maximum Gasteiger partial charge on any atom is 0.416 e. The second kappa shape index (κ2) is 8.10. The number of nitrogens with zero attached hydrogens (tertiary/aromatic N) is 2. The van der Waals surface area contributed by atoms with Gasteiger partial charge in [-0.1, -0.05) is 32.9 Å². The van der Waals surface area contributed by atoms with Crippen LogP contribution in [0, 0.1) is 11.8 Å². The smallest absolute Gasteiger partial charge is 0.416 e. The number of hydrogen-bond donors (Lipinski definition) is 1. The molecular weight excluding hydrogens is 383 g/mol. The second-order valence-corrected chi connectivity index (χ2v) is 7.95. The van der Waals surface area contributed by atoms with E-state index in [1.807, 2.05) is 20.8 Å². The fraction of sp³-hybridized carbons (Fsp3) is 0.476. The van der Waals surface area contributed by atoms with Crippen molar-refractivity contribution < 1.29 is 22.7 Å². The Hall–Kier alpha value is -2.48.